The molecule has 4 aromatic rings. The summed E-state index contributed by atoms with van der Waals surface area (Å²) in [5.74, 6) is -2.93. The summed E-state index contributed by atoms with van der Waals surface area (Å²) in [5.41, 5.74) is 1.47. The predicted octanol–water partition coefficient (Wildman–Crippen LogP) is 5.70. The van der Waals surface area contributed by atoms with E-state index in [0.717, 1.165) is 24.8 Å². The number of rotatable bonds is 8. The van der Waals surface area contributed by atoms with Gasteiger partial charge in [-0.05, 0) is 37.1 Å². The van der Waals surface area contributed by atoms with Crippen LogP contribution in [-0.4, -0.2) is 80.3 Å². The number of halogens is 6. The summed E-state index contributed by atoms with van der Waals surface area (Å²) in [6.07, 6.45) is -3.62. The molecule has 17 heteroatoms. The SMILES string of the molecule is CN(CCS(C)(=O)=O)c1nc(OC[C@@]23CCCN2C[C@H](F)C3)nc2c(F)c(-c3ccc(F)c4sc(N)c(C#N)c34)c(C(F)(F)F)cc12. The quantitative estimate of drug-likeness (QED) is 0.231. The zero-order valence-electron chi connectivity index (χ0n) is 25.1. The number of hydrogen-bond acceptors (Lipinski definition) is 10. The Morgan fingerprint density at radius 3 is 2.70 bits per heavy atom. The Morgan fingerprint density at radius 2 is 2.02 bits per heavy atom. The lowest BCUT2D eigenvalue weighted by Gasteiger charge is -2.31. The lowest BCUT2D eigenvalue weighted by atomic mass is 9.92. The molecule has 2 fully saturated rings. The highest BCUT2D eigenvalue weighted by Crippen LogP contribution is 2.48. The van der Waals surface area contributed by atoms with Crippen LogP contribution in [0.5, 0.6) is 6.01 Å². The molecule has 0 unspecified atom stereocenters. The van der Waals surface area contributed by atoms with E-state index in [1.165, 1.54) is 11.9 Å². The molecule has 0 amide bonds. The fraction of sp³-hybridized carbons (Fsp3) is 0.433. The standard InChI is InChI=1S/C30H28F6N6O3S2/c1-41(8-9-47(2,43)44)27-17-10-19(30(34,35)36)22(16-4-5-20(32)25-21(16)18(12-37)26(38)46-25)23(33)24(17)39-28(40-27)45-14-29-6-3-7-42(29)13-15(31)11-29/h4-5,10,15H,3,6-9,11,13-14,38H2,1-2H3/t15-,29+/m1/s1. The van der Waals surface area contributed by atoms with Gasteiger partial charge in [-0.1, -0.05) is 6.07 Å². The molecule has 4 heterocycles. The molecule has 2 atom stereocenters. The molecule has 0 saturated carbocycles. The Kier molecular flexibility index (Phi) is 8.20. The molecule has 2 saturated heterocycles. The van der Waals surface area contributed by atoms with E-state index < -0.39 is 78.7 Å². The van der Waals surface area contributed by atoms with Crippen LogP contribution in [0.25, 0.3) is 32.1 Å². The third-order valence-corrected chi connectivity index (χ3v) is 10.7. The summed E-state index contributed by atoms with van der Waals surface area (Å²) in [6.45, 7) is 0.598. The zero-order chi connectivity index (χ0) is 34.1. The Morgan fingerprint density at radius 1 is 1.28 bits per heavy atom. The van der Waals surface area contributed by atoms with E-state index in [-0.39, 0.29) is 52.6 Å². The highest BCUT2D eigenvalue weighted by Gasteiger charge is 2.49. The van der Waals surface area contributed by atoms with Crippen molar-refractivity contribution in [2.45, 2.75) is 37.1 Å². The van der Waals surface area contributed by atoms with Gasteiger partial charge >= 0.3 is 12.2 Å². The van der Waals surface area contributed by atoms with E-state index in [4.69, 9.17) is 10.5 Å². The van der Waals surface area contributed by atoms with Crippen LogP contribution in [0.4, 0.5) is 37.2 Å². The van der Waals surface area contributed by atoms with E-state index in [0.29, 0.717) is 30.4 Å². The summed E-state index contributed by atoms with van der Waals surface area (Å²) >= 11 is 0.648. The first-order valence-electron chi connectivity index (χ1n) is 14.5. The van der Waals surface area contributed by atoms with Crippen molar-refractivity contribution in [2.75, 3.05) is 55.9 Å². The summed E-state index contributed by atoms with van der Waals surface area (Å²) in [4.78, 5) is 11.7. The number of nitrogens with two attached hydrogens (primary N) is 1. The minimum absolute atomic E-state index is 0.0706. The normalized spacial score (nSPS) is 20.2. The largest absolute Gasteiger partial charge is 0.461 e. The second-order valence-corrected chi connectivity index (χ2v) is 15.3. The van der Waals surface area contributed by atoms with Gasteiger partial charge in [0.25, 0.3) is 0 Å². The van der Waals surface area contributed by atoms with Crippen LogP contribution in [0.1, 0.15) is 30.4 Å². The first kappa shape index (κ1) is 33.0. The van der Waals surface area contributed by atoms with Crippen molar-refractivity contribution in [1.29, 1.82) is 5.26 Å². The van der Waals surface area contributed by atoms with Gasteiger partial charge in [-0.3, -0.25) is 4.90 Å². The van der Waals surface area contributed by atoms with Gasteiger partial charge in [-0.25, -0.2) is 21.6 Å². The smallest absolute Gasteiger partial charge is 0.417 e. The zero-order valence-corrected chi connectivity index (χ0v) is 26.7. The number of anilines is 2. The van der Waals surface area contributed by atoms with Gasteiger partial charge in [0.15, 0.2) is 5.82 Å². The predicted molar refractivity (Wildman–Crippen MR) is 166 cm³/mol. The van der Waals surface area contributed by atoms with Crippen molar-refractivity contribution in [2.24, 2.45) is 0 Å². The molecular weight excluding hydrogens is 670 g/mol. The second kappa shape index (κ2) is 11.7. The fourth-order valence-corrected chi connectivity index (χ4v) is 8.15. The monoisotopic (exact) mass is 698 g/mol. The van der Waals surface area contributed by atoms with Crippen molar-refractivity contribution in [3.8, 4) is 23.2 Å². The third-order valence-electron chi connectivity index (χ3n) is 8.78. The summed E-state index contributed by atoms with van der Waals surface area (Å²) in [7, 11) is -2.13. The van der Waals surface area contributed by atoms with Gasteiger partial charge in [0.05, 0.1) is 27.1 Å². The second-order valence-electron chi connectivity index (χ2n) is 12.0. The number of nitrogen functional groups attached to an aromatic ring is 1. The molecule has 250 valence electrons. The van der Waals surface area contributed by atoms with Crippen LogP contribution in [0.15, 0.2) is 18.2 Å². The number of alkyl halides is 4. The van der Waals surface area contributed by atoms with Crippen molar-refractivity contribution in [3.63, 3.8) is 0 Å². The molecule has 9 nitrogen and oxygen atoms in total. The molecule has 2 aromatic carbocycles. The number of sulfone groups is 1. The topological polar surface area (TPSA) is 125 Å². The van der Waals surface area contributed by atoms with Gasteiger partial charge in [0.2, 0.25) is 0 Å². The highest BCUT2D eigenvalue weighted by atomic mass is 32.2. The summed E-state index contributed by atoms with van der Waals surface area (Å²) < 4.78 is 120. The van der Waals surface area contributed by atoms with Crippen molar-refractivity contribution in [1.82, 2.24) is 14.9 Å². The Hall–Kier alpha value is -3.88. The van der Waals surface area contributed by atoms with Crippen LogP contribution < -0.4 is 15.4 Å². The molecular formula is C30H28F6N6O3S2. The Balaban J connectivity index is 1.59. The molecule has 0 spiro atoms. The van der Waals surface area contributed by atoms with E-state index in [1.54, 1.807) is 6.07 Å². The van der Waals surface area contributed by atoms with Gasteiger partial charge in [-0.2, -0.15) is 28.4 Å². The first-order chi connectivity index (χ1) is 22.0. The molecule has 2 N–H and O–H groups in total. The maximum absolute atomic E-state index is 16.8. The van der Waals surface area contributed by atoms with Crippen LogP contribution in [0.3, 0.4) is 0 Å². The minimum Gasteiger partial charge on any atom is -0.461 e. The van der Waals surface area contributed by atoms with E-state index in [2.05, 4.69) is 9.97 Å². The Bertz CT molecular complexity index is 2070. The fourth-order valence-electron chi connectivity index (χ4n) is 6.60. The lowest BCUT2D eigenvalue weighted by Crippen LogP contribution is -2.43. The lowest BCUT2D eigenvalue weighted by molar-refractivity contribution is -0.137. The third kappa shape index (κ3) is 5.91. The average Bonchev–Trinajstić information content (AvgIpc) is 3.63. The first-order valence-corrected chi connectivity index (χ1v) is 17.3. The molecule has 0 radical (unpaired) electrons. The van der Waals surface area contributed by atoms with Gasteiger partial charge in [0, 0.05) is 49.1 Å². The summed E-state index contributed by atoms with van der Waals surface area (Å²) in [5, 5.41) is 8.91. The number of nitrogens with zero attached hydrogens (tertiary/aromatic N) is 5. The number of ether oxygens (including phenoxy) is 1. The number of fused-ring (bicyclic) bond motifs is 3. The minimum atomic E-state index is -5.16. The number of thiophene rings is 1. The molecule has 2 aliphatic heterocycles. The van der Waals surface area contributed by atoms with E-state index in [9.17, 15) is 35.6 Å². The molecule has 2 aliphatic rings. The molecule has 6 rings (SSSR count). The van der Waals surface area contributed by atoms with Crippen molar-refractivity contribution < 1.29 is 39.5 Å². The van der Waals surface area contributed by atoms with Gasteiger partial charge < -0.3 is 15.4 Å². The number of aromatic nitrogens is 2. The number of hydrogen-bond donors (Lipinski definition) is 1. The molecule has 0 aliphatic carbocycles. The molecule has 47 heavy (non-hydrogen) atoms. The van der Waals surface area contributed by atoms with Crippen LogP contribution >= 0.6 is 11.3 Å². The van der Waals surface area contributed by atoms with E-state index in [1.807, 2.05) is 4.90 Å². The van der Waals surface area contributed by atoms with Crippen molar-refractivity contribution >= 4 is 53.0 Å². The average molecular weight is 699 g/mol. The molecule has 2 aromatic heterocycles. The Labute approximate surface area is 269 Å². The van der Waals surface area contributed by atoms with Gasteiger partial charge in [-0.15, -0.1) is 11.3 Å². The van der Waals surface area contributed by atoms with Crippen molar-refractivity contribution in [3.05, 3.63) is 41.0 Å². The molecule has 0 bridgehead atoms. The maximum Gasteiger partial charge on any atom is 0.417 e. The number of benzene rings is 2. The maximum atomic E-state index is 16.8. The summed E-state index contributed by atoms with van der Waals surface area (Å²) in [6, 6.07) is 3.82. The van der Waals surface area contributed by atoms with Crippen LogP contribution in [0.2, 0.25) is 0 Å². The van der Waals surface area contributed by atoms with Gasteiger partial charge in [0.1, 0.15) is 50.8 Å². The van der Waals surface area contributed by atoms with Crippen LogP contribution in [-0.2, 0) is 16.0 Å². The number of nitriles is 1. The van der Waals surface area contributed by atoms with E-state index >= 15 is 4.39 Å². The highest BCUT2D eigenvalue weighted by molar-refractivity contribution is 7.90. The van der Waals surface area contributed by atoms with Crippen LogP contribution in [0, 0.1) is 23.0 Å².